The largest absolute Gasteiger partial charge is 0.326 e. The van der Waals surface area contributed by atoms with Gasteiger partial charge in [0.05, 0.1) is 5.69 Å². The number of carbonyl (C=O) groups is 1. The molecule has 0 atom stereocenters. The number of hydrogen-bond acceptors (Lipinski definition) is 4. The predicted molar refractivity (Wildman–Crippen MR) is 94.2 cm³/mol. The molecule has 8 heteroatoms. The first-order chi connectivity index (χ1) is 11.5. The summed E-state index contributed by atoms with van der Waals surface area (Å²) in [6.45, 7) is 3.71. The van der Waals surface area contributed by atoms with Crippen LogP contribution in [0, 0.1) is 13.8 Å². The Morgan fingerprint density at radius 3 is 2.92 bits per heavy atom. The third-order valence-corrected chi connectivity index (χ3v) is 4.67. The van der Waals surface area contributed by atoms with E-state index < -0.39 is 0 Å². The molecule has 0 aliphatic heterocycles. The van der Waals surface area contributed by atoms with Crippen molar-refractivity contribution < 1.29 is 4.79 Å². The predicted octanol–water partition coefficient (Wildman–Crippen LogP) is 2.37. The standard InChI is InChI=1S/C16H16BrN5O2/c1-9-7-11(3-5-13(9)17)21-14(23)6-4-12-10(2)20-16-18-8-19-22(16)15(12)24/h3,5,7-8H,4,6H2,1-2H3,(H,21,23)(H,18,19,20). The summed E-state index contributed by atoms with van der Waals surface area (Å²) in [5, 5.41) is 5.56. The van der Waals surface area contributed by atoms with Gasteiger partial charge in [-0.05, 0) is 44.0 Å². The average molecular weight is 390 g/mol. The summed E-state index contributed by atoms with van der Waals surface area (Å²) in [7, 11) is 0. The Labute approximate surface area is 146 Å². The molecule has 0 bridgehead atoms. The number of rotatable bonds is 4. The van der Waals surface area contributed by atoms with Crippen molar-refractivity contribution in [3.63, 3.8) is 0 Å². The first-order valence-electron chi connectivity index (χ1n) is 7.43. The lowest BCUT2D eigenvalue weighted by Gasteiger charge is -2.08. The molecule has 1 aromatic carbocycles. The van der Waals surface area contributed by atoms with Crippen LogP contribution in [0.5, 0.6) is 0 Å². The van der Waals surface area contributed by atoms with Crippen molar-refractivity contribution in [1.82, 2.24) is 19.6 Å². The van der Waals surface area contributed by atoms with E-state index in [2.05, 4.69) is 36.3 Å². The van der Waals surface area contributed by atoms with E-state index in [0.717, 1.165) is 15.7 Å². The lowest BCUT2D eigenvalue weighted by molar-refractivity contribution is -0.116. The molecule has 2 aromatic heterocycles. The van der Waals surface area contributed by atoms with Crippen LogP contribution in [0.4, 0.5) is 5.69 Å². The Morgan fingerprint density at radius 2 is 2.17 bits per heavy atom. The monoisotopic (exact) mass is 389 g/mol. The van der Waals surface area contributed by atoms with Gasteiger partial charge in [-0.2, -0.15) is 4.52 Å². The Kier molecular flexibility index (Phi) is 4.48. The molecule has 124 valence electrons. The molecule has 0 spiro atoms. The summed E-state index contributed by atoms with van der Waals surface area (Å²) in [5.74, 6) is 0.182. The topological polar surface area (TPSA) is 92.2 Å². The van der Waals surface area contributed by atoms with Gasteiger partial charge >= 0.3 is 0 Å². The Morgan fingerprint density at radius 1 is 1.38 bits per heavy atom. The number of anilines is 1. The lowest BCUT2D eigenvalue weighted by Crippen LogP contribution is -2.23. The van der Waals surface area contributed by atoms with Crippen LogP contribution in [0.25, 0.3) is 5.78 Å². The molecule has 0 saturated heterocycles. The highest BCUT2D eigenvalue weighted by Gasteiger charge is 2.13. The molecule has 0 unspecified atom stereocenters. The van der Waals surface area contributed by atoms with Gasteiger partial charge in [0, 0.05) is 22.1 Å². The fraction of sp³-hybridized carbons (Fsp3) is 0.250. The molecule has 0 aliphatic carbocycles. The van der Waals surface area contributed by atoms with Gasteiger partial charge in [0.1, 0.15) is 6.33 Å². The molecule has 3 aromatic rings. The Hall–Kier alpha value is -2.48. The van der Waals surface area contributed by atoms with Gasteiger partial charge in [0.15, 0.2) is 0 Å². The van der Waals surface area contributed by atoms with E-state index in [1.165, 1.54) is 10.8 Å². The van der Waals surface area contributed by atoms with Crippen LogP contribution < -0.4 is 10.9 Å². The second-order valence-electron chi connectivity index (χ2n) is 5.52. The molecular weight excluding hydrogens is 374 g/mol. The lowest BCUT2D eigenvalue weighted by atomic mass is 10.1. The van der Waals surface area contributed by atoms with Crippen molar-refractivity contribution in [2.45, 2.75) is 26.7 Å². The number of carbonyl (C=O) groups excluding carboxylic acids is 1. The highest BCUT2D eigenvalue weighted by molar-refractivity contribution is 9.10. The third kappa shape index (κ3) is 3.23. The number of halogens is 1. The maximum Gasteiger partial charge on any atom is 0.277 e. The second kappa shape index (κ2) is 6.56. The Balaban J connectivity index is 1.72. The normalized spacial score (nSPS) is 11.0. The number of hydrogen-bond donors (Lipinski definition) is 2. The number of aryl methyl sites for hydroxylation is 2. The van der Waals surface area contributed by atoms with Gasteiger partial charge < -0.3 is 5.32 Å². The van der Waals surface area contributed by atoms with E-state index in [0.29, 0.717) is 23.5 Å². The fourth-order valence-electron chi connectivity index (χ4n) is 2.47. The van der Waals surface area contributed by atoms with Crippen molar-refractivity contribution in [2.75, 3.05) is 5.32 Å². The van der Waals surface area contributed by atoms with Crippen LogP contribution in [0.3, 0.4) is 0 Å². The molecule has 0 radical (unpaired) electrons. The average Bonchev–Trinajstić information content (AvgIpc) is 2.99. The number of fused-ring (bicyclic) bond motifs is 1. The summed E-state index contributed by atoms with van der Waals surface area (Å²) >= 11 is 3.42. The maximum absolute atomic E-state index is 12.4. The first-order valence-corrected chi connectivity index (χ1v) is 8.22. The van der Waals surface area contributed by atoms with Crippen LogP contribution in [0.1, 0.15) is 23.2 Å². The number of benzene rings is 1. The minimum atomic E-state index is -0.220. The summed E-state index contributed by atoms with van der Waals surface area (Å²) in [6, 6.07) is 5.60. The quantitative estimate of drug-likeness (QED) is 0.716. The molecule has 2 heterocycles. The zero-order valence-corrected chi connectivity index (χ0v) is 14.8. The van der Waals surface area contributed by atoms with Crippen molar-refractivity contribution in [3.05, 3.63) is 56.2 Å². The van der Waals surface area contributed by atoms with Gasteiger partial charge in [-0.15, -0.1) is 0 Å². The molecule has 0 aliphatic rings. The van der Waals surface area contributed by atoms with Crippen LogP contribution in [-0.4, -0.2) is 25.5 Å². The number of nitrogens with zero attached hydrogens (tertiary/aromatic N) is 3. The number of aromatic amines is 1. The van der Waals surface area contributed by atoms with Crippen LogP contribution >= 0.6 is 15.9 Å². The first kappa shape index (κ1) is 16.4. The van der Waals surface area contributed by atoms with E-state index in [-0.39, 0.29) is 17.9 Å². The third-order valence-electron chi connectivity index (χ3n) is 3.78. The highest BCUT2D eigenvalue weighted by atomic mass is 79.9. The van der Waals surface area contributed by atoms with Gasteiger partial charge in [-0.1, -0.05) is 15.9 Å². The summed E-state index contributed by atoms with van der Waals surface area (Å²) < 4.78 is 2.27. The van der Waals surface area contributed by atoms with Gasteiger partial charge in [0.25, 0.3) is 11.3 Å². The molecule has 0 saturated carbocycles. The molecule has 2 N–H and O–H groups in total. The zero-order valence-electron chi connectivity index (χ0n) is 13.3. The van der Waals surface area contributed by atoms with Gasteiger partial charge in [-0.3, -0.25) is 14.7 Å². The molecule has 0 fully saturated rings. The van der Waals surface area contributed by atoms with E-state index in [4.69, 9.17) is 0 Å². The Bertz CT molecular complexity index is 976. The number of nitrogens with one attached hydrogen (secondary N) is 2. The summed E-state index contributed by atoms with van der Waals surface area (Å²) in [6.07, 6.45) is 1.93. The minimum Gasteiger partial charge on any atom is -0.326 e. The second-order valence-corrected chi connectivity index (χ2v) is 6.37. The molecule has 3 rings (SSSR count). The summed E-state index contributed by atoms with van der Waals surface area (Å²) in [4.78, 5) is 32.7. The van der Waals surface area contributed by atoms with E-state index in [1.54, 1.807) is 6.92 Å². The summed E-state index contributed by atoms with van der Waals surface area (Å²) in [5.41, 5.74) is 2.66. The molecule has 1 amide bonds. The molecule has 24 heavy (non-hydrogen) atoms. The van der Waals surface area contributed by atoms with Crippen molar-refractivity contribution in [2.24, 2.45) is 0 Å². The SMILES string of the molecule is Cc1cc(NC(=O)CCc2c(C)nc3nc[nH]n3c2=O)ccc1Br. The van der Waals surface area contributed by atoms with Crippen molar-refractivity contribution >= 4 is 33.3 Å². The zero-order chi connectivity index (χ0) is 17.3. The molecular formula is C16H16BrN5O2. The number of amides is 1. The van der Waals surface area contributed by atoms with Crippen molar-refractivity contribution in [3.8, 4) is 0 Å². The van der Waals surface area contributed by atoms with E-state index in [1.807, 2.05) is 25.1 Å². The van der Waals surface area contributed by atoms with Crippen LogP contribution in [-0.2, 0) is 11.2 Å². The minimum absolute atomic E-state index is 0.148. The van der Waals surface area contributed by atoms with Crippen molar-refractivity contribution in [1.29, 1.82) is 0 Å². The van der Waals surface area contributed by atoms with E-state index >= 15 is 0 Å². The number of aromatic nitrogens is 4. The van der Waals surface area contributed by atoms with Crippen LogP contribution in [0.2, 0.25) is 0 Å². The highest BCUT2D eigenvalue weighted by Crippen LogP contribution is 2.20. The van der Waals surface area contributed by atoms with Gasteiger partial charge in [0.2, 0.25) is 5.91 Å². The smallest absolute Gasteiger partial charge is 0.277 e. The maximum atomic E-state index is 12.4. The van der Waals surface area contributed by atoms with Gasteiger partial charge in [-0.25, -0.2) is 9.97 Å². The fourth-order valence-corrected chi connectivity index (χ4v) is 2.71. The molecule has 7 nitrogen and oxygen atoms in total. The number of H-pyrrole nitrogens is 1. The van der Waals surface area contributed by atoms with E-state index in [9.17, 15) is 9.59 Å². The van der Waals surface area contributed by atoms with Crippen LogP contribution in [0.15, 0.2) is 33.8 Å².